The number of nitrogens with two attached hydrogens (primary N) is 1. The highest BCUT2D eigenvalue weighted by atomic mass is 32.2. The predicted octanol–water partition coefficient (Wildman–Crippen LogP) is -1.45. The van der Waals surface area contributed by atoms with Crippen LogP contribution in [0.1, 0.15) is 10.4 Å². The van der Waals surface area contributed by atoms with E-state index in [1.807, 2.05) is 4.72 Å². The molecule has 2 rings (SSSR count). The summed E-state index contributed by atoms with van der Waals surface area (Å²) >= 11 is 0.378. The Morgan fingerprint density at radius 1 is 1.06 bits per heavy atom. The van der Waals surface area contributed by atoms with Crippen molar-refractivity contribution in [2.45, 2.75) is 15.3 Å². The molecule has 0 fully saturated rings. The van der Waals surface area contributed by atoms with E-state index in [0.29, 0.717) is 11.3 Å². The smallest absolute Gasteiger partial charge is 0.338 e. The number of hydrogen-bond acceptors (Lipinski definition) is 18. The lowest BCUT2D eigenvalue weighted by molar-refractivity contribution is -0.497. The molecule has 0 amide bonds. The summed E-state index contributed by atoms with van der Waals surface area (Å²) < 4.78 is 59.4. The quantitative estimate of drug-likeness (QED) is 0.0803. The lowest BCUT2D eigenvalue weighted by Gasteiger charge is -2.18. The van der Waals surface area contributed by atoms with Gasteiger partial charge in [-0.25, -0.2) is 36.4 Å². The third-order valence-electron chi connectivity index (χ3n) is 3.67. The van der Waals surface area contributed by atoms with E-state index in [9.17, 15) is 21.6 Å². The van der Waals surface area contributed by atoms with Crippen molar-refractivity contribution in [2.75, 3.05) is 31.1 Å². The van der Waals surface area contributed by atoms with Crippen LogP contribution in [0.5, 0.6) is 0 Å². The van der Waals surface area contributed by atoms with Crippen molar-refractivity contribution < 1.29 is 61.6 Å². The maximum absolute atomic E-state index is 12.6. The fourth-order valence-corrected chi connectivity index (χ4v) is 4.82. The SMILES string of the molecule is NS(=O)(=O)c1nnc(NS(=O)(=O)c2cccc(C(=O)OCC(CON(O)O)OCCON(O)O)c2)s1. The average molecular weight is 577 g/mol. The molecular weight excluding hydrogens is 556 g/mol. The molecule has 0 bridgehead atoms. The summed E-state index contributed by atoms with van der Waals surface area (Å²) in [6.45, 7) is -1.65. The molecule has 1 aromatic heterocycles. The summed E-state index contributed by atoms with van der Waals surface area (Å²) in [6.07, 6.45) is -1.09. The van der Waals surface area contributed by atoms with Crippen molar-refractivity contribution in [1.82, 2.24) is 21.0 Å². The molecule has 1 heterocycles. The number of carbonyl (C=O) groups excluding carboxylic acids is 1. The van der Waals surface area contributed by atoms with Gasteiger partial charge in [-0.05, 0) is 18.2 Å². The fourth-order valence-electron chi connectivity index (χ4n) is 2.21. The molecule has 0 aliphatic rings. The van der Waals surface area contributed by atoms with Gasteiger partial charge in [0.15, 0.2) is 0 Å². The van der Waals surface area contributed by atoms with Gasteiger partial charge in [-0.15, -0.1) is 10.2 Å². The van der Waals surface area contributed by atoms with Crippen LogP contribution in [-0.4, -0.2) is 97.1 Å². The van der Waals surface area contributed by atoms with Gasteiger partial charge in [0.1, 0.15) is 19.3 Å². The minimum absolute atomic E-state index is 0.203. The maximum atomic E-state index is 12.6. The minimum atomic E-state index is -4.32. The van der Waals surface area contributed by atoms with Crippen molar-refractivity contribution in [3.05, 3.63) is 29.8 Å². The third-order valence-corrected chi connectivity index (χ3v) is 7.29. The van der Waals surface area contributed by atoms with E-state index in [2.05, 4.69) is 19.9 Å². The van der Waals surface area contributed by atoms with E-state index in [4.69, 9.17) is 35.4 Å². The second kappa shape index (κ2) is 13.2. The predicted molar refractivity (Wildman–Crippen MR) is 111 cm³/mol. The number of nitrogens with zero attached hydrogens (tertiary/aromatic N) is 4. The summed E-state index contributed by atoms with van der Waals surface area (Å²) in [6, 6.07) is 4.59. The monoisotopic (exact) mass is 576 g/mol. The number of nitrogens with one attached hydrogen (secondary N) is 1. The first kappa shape index (κ1) is 29.8. The Balaban J connectivity index is 2.04. The van der Waals surface area contributed by atoms with Gasteiger partial charge in [0.25, 0.3) is 20.0 Å². The Morgan fingerprint density at radius 2 is 1.75 bits per heavy atom. The highest BCUT2D eigenvalue weighted by molar-refractivity contribution is 7.93. The number of carbonyl (C=O) groups is 1. The molecule has 22 heteroatoms. The van der Waals surface area contributed by atoms with E-state index in [1.54, 1.807) is 0 Å². The van der Waals surface area contributed by atoms with Crippen molar-refractivity contribution in [3.63, 3.8) is 0 Å². The molecular formula is C14H20N6O13S3. The number of primary sulfonamides is 1. The second-order valence-electron chi connectivity index (χ2n) is 6.28. The lowest BCUT2D eigenvalue weighted by atomic mass is 10.2. The maximum Gasteiger partial charge on any atom is 0.338 e. The van der Waals surface area contributed by atoms with Crippen molar-refractivity contribution in [3.8, 4) is 0 Å². The Bertz CT molecular complexity index is 1220. The Labute approximate surface area is 206 Å². The molecule has 202 valence electrons. The molecule has 19 nitrogen and oxygen atoms in total. The molecule has 2 aromatic rings. The van der Waals surface area contributed by atoms with Crippen molar-refractivity contribution in [1.29, 1.82) is 0 Å². The van der Waals surface area contributed by atoms with Crippen LogP contribution < -0.4 is 9.86 Å². The van der Waals surface area contributed by atoms with E-state index in [1.165, 1.54) is 12.1 Å². The van der Waals surface area contributed by atoms with Gasteiger partial charge >= 0.3 is 5.97 Å². The summed E-state index contributed by atoms with van der Waals surface area (Å²) in [5.74, 6) is -0.994. The van der Waals surface area contributed by atoms with E-state index in [-0.39, 0.29) is 23.9 Å². The minimum Gasteiger partial charge on any atom is -0.459 e. The summed E-state index contributed by atoms with van der Waals surface area (Å²) in [7, 11) is -8.51. The molecule has 36 heavy (non-hydrogen) atoms. The highest BCUT2D eigenvalue weighted by Gasteiger charge is 2.22. The molecule has 0 aliphatic carbocycles. The first-order chi connectivity index (χ1) is 16.8. The highest BCUT2D eigenvalue weighted by Crippen LogP contribution is 2.22. The number of hydrogen-bond donors (Lipinski definition) is 6. The molecule has 0 spiro atoms. The van der Waals surface area contributed by atoms with Gasteiger partial charge in [-0.1, -0.05) is 17.4 Å². The number of sulfonamides is 2. The molecule has 0 saturated carbocycles. The lowest BCUT2D eigenvalue weighted by Crippen LogP contribution is -2.32. The van der Waals surface area contributed by atoms with Crippen LogP contribution in [0.2, 0.25) is 0 Å². The average Bonchev–Trinajstić information content (AvgIpc) is 3.26. The number of rotatable bonds is 15. The molecule has 1 atom stereocenters. The van der Waals surface area contributed by atoms with Crippen LogP contribution in [0.4, 0.5) is 5.13 Å². The Morgan fingerprint density at radius 3 is 2.36 bits per heavy atom. The Hall–Kier alpha value is -2.45. The van der Waals surface area contributed by atoms with Crippen molar-refractivity contribution >= 4 is 42.5 Å². The number of anilines is 1. The fraction of sp³-hybridized carbons (Fsp3) is 0.357. The molecule has 1 aromatic carbocycles. The molecule has 0 radical (unpaired) electrons. The van der Waals surface area contributed by atoms with Gasteiger partial charge in [0.05, 0.1) is 34.5 Å². The normalized spacial score (nSPS) is 13.2. The summed E-state index contributed by atoms with van der Waals surface area (Å²) in [4.78, 5) is 20.7. The molecule has 7 N–H and O–H groups in total. The number of ether oxygens (including phenoxy) is 2. The van der Waals surface area contributed by atoms with Crippen LogP contribution in [-0.2, 0) is 39.2 Å². The molecule has 0 saturated heterocycles. The first-order valence-corrected chi connectivity index (χ1v) is 13.0. The standard InChI is InChI=1S/C14H20N6O13S3/c15-35(26,27)14-17-16-13(34-14)18-36(28,29)11-3-1-2-9(6-11)12(21)31-7-10(8-33-20(24)25)30-4-5-32-19(22)23/h1-3,6,10,22-25H,4-5,7-8H2,(H,16,18)(H2,15,26,27). The van der Waals surface area contributed by atoms with E-state index >= 15 is 0 Å². The molecule has 0 aliphatic heterocycles. The summed E-state index contributed by atoms with van der Waals surface area (Å²) in [5.41, 5.74) is -0.203. The number of benzene rings is 1. The number of esters is 1. The second-order valence-corrected chi connectivity index (χ2v) is 10.7. The zero-order valence-corrected chi connectivity index (χ0v) is 20.2. The van der Waals surface area contributed by atoms with Crippen LogP contribution in [0.15, 0.2) is 33.5 Å². The van der Waals surface area contributed by atoms with Crippen molar-refractivity contribution in [2.24, 2.45) is 5.14 Å². The molecule has 1 unspecified atom stereocenters. The van der Waals surface area contributed by atoms with Gasteiger partial charge in [-0.2, -0.15) is 0 Å². The zero-order chi connectivity index (χ0) is 26.9. The van der Waals surface area contributed by atoms with Crippen LogP contribution in [0.3, 0.4) is 0 Å². The zero-order valence-electron chi connectivity index (χ0n) is 17.8. The van der Waals surface area contributed by atoms with E-state index in [0.717, 1.165) is 12.1 Å². The first-order valence-electron chi connectivity index (χ1n) is 9.17. The third kappa shape index (κ3) is 9.90. The van der Waals surface area contributed by atoms with Crippen LogP contribution >= 0.6 is 11.3 Å². The van der Waals surface area contributed by atoms with E-state index < -0.39 is 65.3 Å². The van der Waals surface area contributed by atoms with Gasteiger partial charge < -0.3 is 9.47 Å². The van der Waals surface area contributed by atoms with Crippen LogP contribution in [0.25, 0.3) is 0 Å². The number of aromatic nitrogens is 2. The van der Waals surface area contributed by atoms with Gasteiger partial charge in [0.2, 0.25) is 9.47 Å². The summed E-state index contributed by atoms with van der Waals surface area (Å²) in [5, 5.41) is 44.2. The largest absolute Gasteiger partial charge is 0.459 e. The van der Waals surface area contributed by atoms with Gasteiger partial charge in [0, 0.05) is 0 Å². The Kier molecular flexibility index (Phi) is 10.9. The van der Waals surface area contributed by atoms with Crippen LogP contribution in [0, 0.1) is 0 Å². The topological polar surface area (TPSA) is 273 Å². The van der Waals surface area contributed by atoms with Gasteiger partial charge in [-0.3, -0.25) is 25.6 Å².